The molecule has 2 aromatic heterocycles. The molecule has 1 amide bonds. The number of rotatable bonds is 3. The Hall–Kier alpha value is -1.83. The smallest absolute Gasteiger partial charge is 0.397 e. The molecule has 0 radical (unpaired) electrons. The van der Waals surface area contributed by atoms with Gasteiger partial charge >= 0.3 is 6.18 Å². The van der Waals surface area contributed by atoms with Crippen molar-refractivity contribution in [3.63, 3.8) is 0 Å². The first-order valence-corrected chi connectivity index (χ1v) is 8.15. The Bertz CT molecular complexity index is 794. The molecule has 23 heavy (non-hydrogen) atoms. The molecule has 0 atom stereocenters. The van der Waals surface area contributed by atoms with Gasteiger partial charge in [-0.2, -0.15) is 13.2 Å². The van der Waals surface area contributed by atoms with E-state index in [1.54, 1.807) is 6.92 Å². The van der Waals surface area contributed by atoms with Crippen LogP contribution < -0.4 is 11.1 Å². The van der Waals surface area contributed by atoms with Crippen molar-refractivity contribution < 1.29 is 18.0 Å². The Morgan fingerprint density at radius 3 is 2.61 bits per heavy atom. The van der Waals surface area contributed by atoms with E-state index in [0.717, 1.165) is 24.2 Å². The number of carbonyl (C=O) groups is 1. The van der Waals surface area contributed by atoms with Gasteiger partial charge in [0.15, 0.2) is 0 Å². The molecule has 8 heteroatoms. The third kappa shape index (κ3) is 2.75. The number of halogens is 3. The van der Waals surface area contributed by atoms with Gasteiger partial charge in [0.2, 0.25) is 0 Å². The van der Waals surface area contributed by atoms with E-state index in [2.05, 4.69) is 10.3 Å². The number of nitrogens with zero attached hydrogens (tertiary/aromatic N) is 1. The van der Waals surface area contributed by atoms with Crippen molar-refractivity contribution in [2.24, 2.45) is 0 Å². The van der Waals surface area contributed by atoms with Crippen LogP contribution in [0.4, 0.5) is 18.9 Å². The van der Waals surface area contributed by atoms with Crippen LogP contribution in [0.1, 0.15) is 46.3 Å². The Morgan fingerprint density at radius 1 is 1.43 bits per heavy atom. The van der Waals surface area contributed by atoms with Crippen molar-refractivity contribution >= 4 is 33.1 Å². The average Bonchev–Trinajstić information content (AvgIpc) is 3.21. The first kappa shape index (κ1) is 16.0. The first-order valence-electron chi connectivity index (χ1n) is 7.33. The van der Waals surface area contributed by atoms with Crippen molar-refractivity contribution in [3.8, 4) is 0 Å². The summed E-state index contributed by atoms with van der Waals surface area (Å²) in [5.41, 5.74) is 5.44. The predicted molar refractivity (Wildman–Crippen MR) is 83.6 cm³/mol. The Morgan fingerprint density at radius 2 is 2.09 bits per heavy atom. The number of nitrogen functional groups attached to an aromatic ring is 1. The van der Waals surface area contributed by atoms with Crippen LogP contribution in [-0.2, 0) is 12.6 Å². The van der Waals surface area contributed by atoms with Gasteiger partial charge in [0.25, 0.3) is 5.91 Å². The molecular weight excluding hydrogens is 327 g/mol. The molecule has 4 nitrogen and oxygen atoms in total. The Labute approximate surface area is 134 Å². The van der Waals surface area contributed by atoms with E-state index in [1.165, 1.54) is 6.92 Å². The van der Waals surface area contributed by atoms with Crippen LogP contribution >= 0.6 is 11.3 Å². The maximum Gasteiger partial charge on any atom is 0.417 e. The highest BCUT2D eigenvalue weighted by Crippen LogP contribution is 2.44. The highest BCUT2D eigenvalue weighted by molar-refractivity contribution is 7.21. The number of hydrogen-bond donors (Lipinski definition) is 2. The summed E-state index contributed by atoms with van der Waals surface area (Å²) in [6.45, 7) is 3.15. The maximum absolute atomic E-state index is 13.5. The van der Waals surface area contributed by atoms with Gasteiger partial charge in [0.1, 0.15) is 9.71 Å². The van der Waals surface area contributed by atoms with Crippen molar-refractivity contribution in [3.05, 3.63) is 21.7 Å². The first-order chi connectivity index (χ1) is 10.7. The number of nitrogens with one attached hydrogen (secondary N) is 1. The number of nitrogens with two attached hydrogens (primary N) is 1. The van der Waals surface area contributed by atoms with Gasteiger partial charge in [0, 0.05) is 17.1 Å². The fourth-order valence-corrected chi connectivity index (χ4v) is 3.66. The molecule has 1 saturated carbocycles. The van der Waals surface area contributed by atoms with E-state index in [-0.39, 0.29) is 32.4 Å². The second kappa shape index (κ2) is 5.36. The molecule has 0 spiro atoms. The number of fused-ring (bicyclic) bond motifs is 1. The Balaban J connectivity index is 2.24. The molecule has 2 heterocycles. The lowest BCUT2D eigenvalue weighted by Crippen LogP contribution is -2.25. The quantitative estimate of drug-likeness (QED) is 0.894. The van der Waals surface area contributed by atoms with Gasteiger partial charge in [0.05, 0.1) is 11.3 Å². The Kier molecular flexibility index (Phi) is 3.74. The minimum absolute atomic E-state index is 0.0751. The zero-order valence-electron chi connectivity index (χ0n) is 12.7. The minimum Gasteiger partial charge on any atom is -0.397 e. The van der Waals surface area contributed by atoms with Crippen LogP contribution in [0, 0.1) is 6.92 Å². The minimum atomic E-state index is -4.55. The summed E-state index contributed by atoms with van der Waals surface area (Å²) in [6, 6.07) is 0.107. The molecule has 0 aliphatic heterocycles. The lowest BCUT2D eigenvalue weighted by Gasteiger charge is -2.14. The van der Waals surface area contributed by atoms with Crippen LogP contribution in [0.25, 0.3) is 10.2 Å². The van der Waals surface area contributed by atoms with E-state index in [0.29, 0.717) is 12.1 Å². The molecule has 0 saturated heterocycles. The molecule has 3 rings (SSSR count). The summed E-state index contributed by atoms with van der Waals surface area (Å²) < 4.78 is 40.6. The molecule has 2 aromatic rings. The second-order valence-electron chi connectivity index (χ2n) is 5.68. The van der Waals surface area contributed by atoms with E-state index in [9.17, 15) is 18.0 Å². The van der Waals surface area contributed by atoms with Gasteiger partial charge in [-0.15, -0.1) is 11.3 Å². The third-order valence-electron chi connectivity index (χ3n) is 3.96. The number of hydrogen-bond acceptors (Lipinski definition) is 4. The molecule has 1 fully saturated rings. The SMILES string of the molecule is CCc1nc2sc(C(=O)NC3CC3)c(N)c2c(C(F)(F)F)c1C. The van der Waals surface area contributed by atoms with Gasteiger partial charge in [-0.25, -0.2) is 4.98 Å². The van der Waals surface area contributed by atoms with Gasteiger partial charge in [-0.05, 0) is 31.7 Å². The molecule has 1 aliphatic carbocycles. The summed E-state index contributed by atoms with van der Waals surface area (Å²) in [7, 11) is 0. The second-order valence-corrected chi connectivity index (χ2v) is 6.68. The maximum atomic E-state index is 13.5. The van der Waals surface area contributed by atoms with Crippen LogP contribution in [0.2, 0.25) is 0 Å². The average molecular weight is 343 g/mol. The zero-order chi connectivity index (χ0) is 16.9. The van der Waals surface area contributed by atoms with E-state index in [4.69, 9.17) is 5.73 Å². The van der Waals surface area contributed by atoms with Gasteiger partial charge in [-0.1, -0.05) is 6.92 Å². The van der Waals surface area contributed by atoms with Crippen LogP contribution in [0.3, 0.4) is 0 Å². The van der Waals surface area contributed by atoms with Crippen molar-refractivity contribution in [1.29, 1.82) is 0 Å². The third-order valence-corrected chi connectivity index (χ3v) is 5.06. The molecule has 1 aliphatic rings. The molecule has 0 bridgehead atoms. The number of aryl methyl sites for hydroxylation is 1. The lowest BCUT2D eigenvalue weighted by atomic mass is 10.0. The molecule has 3 N–H and O–H groups in total. The highest BCUT2D eigenvalue weighted by atomic mass is 32.1. The summed E-state index contributed by atoms with van der Waals surface area (Å²) >= 11 is 0.922. The van der Waals surface area contributed by atoms with Crippen molar-refractivity contribution in [1.82, 2.24) is 10.3 Å². The molecule has 0 aromatic carbocycles. The van der Waals surface area contributed by atoms with E-state index in [1.807, 2.05) is 0 Å². The number of carbonyl (C=O) groups excluding carboxylic acids is 1. The van der Waals surface area contributed by atoms with Crippen molar-refractivity contribution in [2.45, 2.75) is 45.3 Å². The van der Waals surface area contributed by atoms with Crippen molar-refractivity contribution in [2.75, 3.05) is 5.73 Å². The van der Waals surface area contributed by atoms with Crippen LogP contribution in [0.15, 0.2) is 0 Å². The fraction of sp³-hybridized carbons (Fsp3) is 0.467. The largest absolute Gasteiger partial charge is 0.417 e. The number of amides is 1. The van der Waals surface area contributed by atoms with E-state index >= 15 is 0 Å². The molecule has 124 valence electrons. The fourth-order valence-electron chi connectivity index (χ4n) is 2.64. The summed E-state index contributed by atoms with van der Waals surface area (Å²) in [5.74, 6) is -0.420. The van der Waals surface area contributed by atoms with Gasteiger partial charge < -0.3 is 11.1 Å². The monoisotopic (exact) mass is 343 g/mol. The summed E-state index contributed by atoms with van der Waals surface area (Å²) in [4.78, 5) is 16.8. The summed E-state index contributed by atoms with van der Waals surface area (Å²) in [6.07, 6.45) is -2.38. The number of pyridine rings is 1. The van der Waals surface area contributed by atoms with Crippen LogP contribution in [-0.4, -0.2) is 16.9 Å². The lowest BCUT2D eigenvalue weighted by molar-refractivity contribution is -0.136. The molecule has 0 unspecified atom stereocenters. The highest BCUT2D eigenvalue weighted by Gasteiger charge is 2.38. The van der Waals surface area contributed by atoms with Gasteiger partial charge in [-0.3, -0.25) is 4.79 Å². The topological polar surface area (TPSA) is 68.0 Å². The predicted octanol–water partition coefficient (Wildman–Crippen LogP) is 3.66. The number of thiophene rings is 1. The zero-order valence-corrected chi connectivity index (χ0v) is 13.5. The number of anilines is 1. The molecular formula is C15H16F3N3OS. The summed E-state index contributed by atoms with van der Waals surface area (Å²) in [5, 5.41) is 2.60. The van der Waals surface area contributed by atoms with E-state index < -0.39 is 17.6 Å². The normalized spacial score (nSPS) is 15.2. The standard InChI is InChI=1S/C15H16F3N3OS/c1-3-8-6(2)10(15(16,17)18)9-11(19)12(23-14(9)21-8)13(22)20-7-4-5-7/h7H,3-5,19H2,1-2H3,(H,20,22). The number of alkyl halides is 3. The van der Waals surface area contributed by atoms with Crippen LogP contribution in [0.5, 0.6) is 0 Å². The number of aromatic nitrogens is 1.